The van der Waals surface area contributed by atoms with Crippen molar-refractivity contribution in [2.75, 3.05) is 32.7 Å². The largest absolute Gasteiger partial charge is 0.354 e. The molecule has 1 aromatic carbocycles. The number of amides is 2. The first-order valence-electron chi connectivity index (χ1n) is 12.9. The van der Waals surface area contributed by atoms with Crippen molar-refractivity contribution in [3.8, 4) is 0 Å². The van der Waals surface area contributed by atoms with Gasteiger partial charge in [-0.2, -0.15) is 0 Å². The second-order valence-electron chi connectivity index (χ2n) is 9.58. The number of carbonyl (C=O) groups is 2. The van der Waals surface area contributed by atoms with E-state index >= 15 is 0 Å². The fourth-order valence-electron chi connectivity index (χ4n) is 5.59. The Hall–Kier alpha value is -2.73. The lowest BCUT2D eigenvalue weighted by molar-refractivity contribution is -0.136. The minimum Gasteiger partial charge on any atom is -0.354 e. The lowest BCUT2D eigenvalue weighted by Gasteiger charge is -2.41. The second kappa shape index (κ2) is 12.1. The topological polar surface area (TPSA) is 65.5 Å². The quantitative estimate of drug-likeness (QED) is 0.618. The SMILES string of the molecule is CC[C@@H](C(=O)N1CCN([C@@H](C(=O)NCCc2ccccn2)C2CCCC2)CC1)c1ccccc1. The predicted molar refractivity (Wildman–Crippen MR) is 134 cm³/mol. The van der Waals surface area contributed by atoms with Crippen LogP contribution in [0, 0.1) is 5.92 Å². The van der Waals surface area contributed by atoms with Gasteiger partial charge in [0.25, 0.3) is 0 Å². The fourth-order valence-corrected chi connectivity index (χ4v) is 5.59. The maximum atomic E-state index is 13.3. The molecule has 2 aromatic rings. The zero-order valence-corrected chi connectivity index (χ0v) is 20.4. The average molecular weight is 463 g/mol. The summed E-state index contributed by atoms with van der Waals surface area (Å²) >= 11 is 0. The Morgan fingerprint density at radius 1 is 1.00 bits per heavy atom. The third-order valence-corrected chi connectivity index (χ3v) is 7.45. The number of rotatable bonds is 9. The van der Waals surface area contributed by atoms with E-state index in [4.69, 9.17) is 0 Å². The number of carbonyl (C=O) groups excluding carboxylic acids is 2. The molecule has 2 aliphatic rings. The second-order valence-corrected chi connectivity index (χ2v) is 9.58. The van der Waals surface area contributed by atoms with Crippen LogP contribution in [0.2, 0.25) is 0 Å². The Kier molecular flexibility index (Phi) is 8.69. The Morgan fingerprint density at radius 2 is 1.71 bits per heavy atom. The molecule has 2 atom stereocenters. The van der Waals surface area contributed by atoms with Crippen molar-refractivity contribution in [3.05, 3.63) is 66.0 Å². The highest BCUT2D eigenvalue weighted by molar-refractivity contribution is 5.84. The number of hydrogen-bond acceptors (Lipinski definition) is 4. The first-order valence-corrected chi connectivity index (χ1v) is 12.9. The van der Waals surface area contributed by atoms with Crippen LogP contribution in [-0.4, -0.2) is 65.4 Å². The van der Waals surface area contributed by atoms with E-state index in [1.54, 1.807) is 6.20 Å². The zero-order chi connectivity index (χ0) is 23.8. The van der Waals surface area contributed by atoms with Gasteiger partial charge < -0.3 is 10.2 Å². The van der Waals surface area contributed by atoms with Gasteiger partial charge in [-0.3, -0.25) is 19.5 Å². The summed E-state index contributed by atoms with van der Waals surface area (Å²) in [5.41, 5.74) is 2.09. The number of benzene rings is 1. The van der Waals surface area contributed by atoms with Gasteiger partial charge in [0, 0.05) is 51.0 Å². The third-order valence-electron chi connectivity index (χ3n) is 7.45. The Labute approximate surface area is 203 Å². The number of hydrogen-bond donors (Lipinski definition) is 1. The first-order chi connectivity index (χ1) is 16.7. The standard InChI is InChI=1S/C28H38N4O2/c1-2-25(22-10-4-3-5-11-22)28(34)32-20-18-31(19-21-32)26(23-12-6-7-13-23)27(33)30-17-15-24-14-8-9-16-29-24/h3-5,8-11,14,16,23,25-26H,2,6-7,12-13,15,17-21H2,1H3,(H,30,33)/t25-,26-/m1/s1. The van der Waals surface area contributed by atoms with Gasteiger partial charge >= 0.3 is 0 Å². The zero-order valence-electron chi connectivity index (χ0n) is 20.4. The molecule has 0 radical (unpaired) electrons. The Bertz CT molecular complexity index is 907. The van der Waals surface area contributed by atoms with Crippen molar-refractivity contribution in [2.24, 2.45) is 5.92 Å². The van der Waals surface area contributed by atoms with Crippen LogP contribution < -0.4 is 5.32 Å². The molecule has 0 bridgehead atoms. The van der Waals surface area contributed by atoms with Crippen molar-refractivity contribution >= 4 is 11.8 Å². The van der Waals surface area contributed by atoms with Gasteiger partial charge in [0.1, 0.15) is 0 Å². The van der Waals surface area contributed by atoms with Crippen molar-refractivity contribution in [1.82, 2.24) is 20.1 Å². The molecule has 1 aliphatic carbocycles. The summed E-state index contributed by atoms with van der Waals surface area (Å²) in [7, 11) is 0. The summed E-state index contributed by atoms with van der Waals surface area (Å²) in [4.78, 5) is 35.3. The van der Waals surface area contributed by atoms with Crippen molar-refractivity contribution in [2.45, 2.75) is 57.4 Å². The number of pyridine rings is 1. The molecule has 6 nitrogen and oxygen atoms in total. The van der Waals surface area contributed by atoms with Gasteiger partial charge in [-0.1, -0.05) is 56.2 Å². The normalized spacial score (nSPS) is 19.0. The molecule has 4 rings (SSSR count). The summed E-state index contributed by atoms with van der Waals surface area (Å²) in [6, 6.07) is 15.9. The van der Waals surface area contributed by atoms with E-state index < -0.39 is 0 Å². The molecule has 1 aliphatic heterocycles. The van der Waals surface area contributed by atoms with Crippen LogP contribution in [0.5, 0.6) is 0 Å². The van der Waals surface area contributed by atoms with Crippen molar-refractivity contribution in [1.29, 1.82) is 0 Å². The molecule has 34 heavy (non-hydrogen) atoms. The van der Waals surface area contributed by atoms with Gasteiger partial charge in [-0.15, -0.1) is 0 Å². The van der Waals surface area contributed by atoms with Gasteiger partial charge in [-0.25, -0.2) is 0 Å². The van der Waals surface area contributed by atoms with Crippen LogP contribution in [0.4, 0.5) is 0 Å². The van der Waals surface area contributed by atoms with E-state index in [0.29, 0.717) is 25.6 Å². The minimum atomic E-state index is -0.0976. The van der Waals surface area contributed by atoms with Gasteiger partial charge in [-0.05, 0) is 42.9 Å². The van der Waals surface area contributed by atoms with Crippen LogP contribution in [-0.2, 0) is 16.0 Å². The minimum absolute atomic E-state index is 0.0896. The summed E-state index contributed by atoms with van der Waals surface area (Å²) < 4.78 is 0. The molecular weight excluding hydrogens is 424 g/mol. The van der Waals surface area contributed by atoms with Crippen LogP contribution in [0.15, 0.2) is 54.7 Å². The molecule has 2 heterocycles. The molecule has 1 saturated heterocycles. The molecule has 1 N–H and O–H groups in total. The third kappa shape index (κ3) is 6.03. The van der Waals surface area contributed by atoms with E-state index in [9.17, 15) is 9.59 Å². The first kappa shape index (κ1) is 24.4. The van der Waals surface area contributed by atoms with E-state index in [-0.39, 0.29) is 23.8 Å². The van der Waals surface area contributed by atoms with Crippen LogP contribution in [0.3, 0.4) is 0 Å². The van der Waals surface area contributed by atoms with Crippen LogP contribution in [0.25, 0.3) is 0 Å². The van der Waals surface area contributed by atoms with E-state index in [1.165, 1.54) is 12.8 Å². The van der Waals surface area contributed by atoms with E-state index in [1.807, 2.05) is 53.4 Å². The monoisotopic (exact) mass is 462 g/mol. The Morgan fingerprint density at radius 3 is 2.35 bits per heavy atom. The number of piperazine rings is 1. The van der Waals surface area contributed by atoms with Gasteiger partial charge in [0.05, 0.1) is 12.0 Å². The number of aromatic nitrogens is 1. The van der Waals surface area contributed by atoms with Crippen LogP contribution in [0.1, 0.15) is 56.2 Å². The predicted octanol–water partition coefficient (Wildman–Crippen LogP) is 3.64. The maximum Gasteiger partial charge on any atom is 0.237 e. The molecule has 182 valence electrons. The smallest absolute Gasteiger partial charge is 0.237 e. The van der Waals surface area contributed by atoms with Gasteiger partial charge in [0.15, 0.2) is 0 Å². The Balaban J connectivity index is 1.35. The molecule has 0 unspecified atom stereocenters. The fraction of sp³-hybridized carbons (Fsp3) is 0.536. The number of nitrogens with one attached hydrogen (secondary N) is 1. The summed E-state index contributed by atoms with van der Waals surface area (Å²) in [6.45, 7) is 5.57. The lowest BCUT2D eigenvalue weighted by atomic mass is 9.93. The summed E-state index contributed by atoms with van der Waals surface area (Å²) in [6.07, 6.45) is 7.97. The van der Waals surface area contributed by atoms with E-state index in [2.05, 4.69) is 22.1 Å². The highest BCUT2D eigenvalue weighted by atomic mass is 16.2. The molecule has 6 heteroatoms. The van der Waals surface area contributed by atoms with Crippen molar-refractivity contribution < 1.29 is 9.59 Å². The van der Waals surface area contributed by atoms with Crippen molar-refractivity contribution in [3.63, 3.8) is 0 Å². The number of nitrogens with zero attached hydrogens (tertiary/aromatic N) is 3. The molecular formula is C28H38N4O2. The lowest BCUT2D eigenvalue weighted by Crippen LogP contribution is -2.58. The molecule has 2 amide bonds. The summed E-state index contributed by atoms with van der Waals surface area (Å²) in [5.74, 6) is 0.669. The molecule has 1 saturated carbocycles. The summed E-state index contributed by atoms with van der Waals surface area (Å²) in [5, 5.41) is 3.19. The molecule has 1 aromatic heterocycles. The van der Waals surface area contributed by atoms with Crippen LogP contribution >= 0.6 is 0 Å². The highest BCUT2D eigenvalue weighted by Gasteiger charge is 2.37. The average Bonchev–Trinajstić information content (AvgIpc) is 3.41. The molecule has 0 spiro atoms. The van der Waals surface area contributed by atoms with E-state index in [0.717, 1.165) is 50.0 Å². The maximum absolute atomic E-state index is 13.3. The highest BCUT2D eigenvalue weighted by Crippen LogP contribution is 2.31. The van der Waals surface area contributed by atoms with Gasteiger partial charge in [0.2, 0.25) is 11.8 Å². The molecule has 2 fully saturated rings.